The third-order valence-corrected chi connectivity index (χ3v) is 1.71. The highest BCUT2D eigenvalue weighted by atomic mass is 13.9. The molecule has 0 aliphatic carbocycles. The molecule has 0 spiro atoms. The average Bonchev–Trinajstić information content (AvgIpc) is 2.06. The maximum Gasteiger partial charge on any atom is -0.0473 e. The predicted molar refractivity (Wildman–Crippen MR) is 59.5 cm³/mol. The zero-order valence-corrected chi connectivity index (χ0v) is 9.23. The monoisotopic (exact) mass is 170 g/mol. The molecule has 74 valence electrons. The molecule has 0 nitrogen and oxygen atoms in total. The van der Waals surface area contributed by atoms with Gasteiger partial charge < -0.3 is 0 Å². The standard InChI is InChI=1S/C9H20.C3H6/c1-3-5-7-9-8-6-4-2;1-3-2/h3-9H2,1-2H3;3H,1H2,2H3. The summed E-state index contributed by atoms with van der Waals surface area (Å²) in [6.07, 6.45) is 11.7. The van der Waals surface area contributed by atoms with Crippen molar-refractivity contribution in [2.45, 2.75) is 65.7 Å². The maximum absolute atomic E-state index is 3.36. The van der Waals surface area contributed by atoms with Crippen LogP contribution < -0.4 is 0 Å². The van der Waals surface area contributed by atoms with E-state index >= 15 is 0 Å². The molecule has 0 radical (unpaired) electrons. The Bertz CT molecular complexity index is 58.4. The van der Waals surface area contributed by atoms with Crippen molar-refractivity contribution >= 4 is 0 Å². The van der Waals surface area contributed by atoms with Crippen molar-refractivity contribution in [3.05, 3.63) is 12.7 Å². The third-order valence-electron chi connectivity index (χ3n) is 1.71. The summed E-state index contributed by atoms with van der Waals surface area (Å²) in [5.74, 6) is 0. The molecule has 0 heteroatoms. The molecule has 0 atom stereocenters. The molecule has 12 heavy (non-hydrogen) atoms. The summed E-state index contributed by atoms with van der Waals surface area (Å²) in [6, 6.07) is 0. The van der Waals surface area contributed by atoms with E-state index in [0.29, 0.717) is 0 Å². The van der Waals surface area contributed by atoms with Gasteiger partial charge in [0.2, 0.25) is 0 Å². The van der Waals surface area contributed by atoms with Crippen LogP contribution in [0, 0.1) is 0 Å². The highest BCUT2D eigenvalue weighted by Crippen LogP contribution is 2.05. The SMILES string of the molecule is C=CC.CCCCCCCCC. The first kappa shape index (κ1) is 14.3. The van der Waals surface area contributed by atoms with Crippen molar-refractivity contribution < 1.29 is 0 Å². The molecule has 0 N–H and O–H groups in total. The van der Waals surface area contributed by atoms with Crippen LogP contribution in [0.15, 0.2) is 12.7 Å². The van der Waals surface area contributed by atoms with Gasteiger partial charge in [0.15, 0.2) is 0 Å². The molecule has 0 rings (SSSR count). The second kappa shape index (κ2) is 17.0. The summed E-state index contributed by atoms with van der Waals surface area (Å²) < 4.78 is 0. The lowest BCUT2D eigenvalue weighted by atomic mass is 10.1. The van der Waals surface area contributed by atoms with E-state index in [1.165, 1.54) is 44.9 Å². The molecule has 0 fully saturated rings. The van der Waals surface area contributed by atoms with Crippen LogP contribution in [0.5, 0.6) is 0 Å². The minimum absolute atomic E-state index is 1.37. The van der Waals surface area contributed by atoms with Gasteiger partial charge in [0.05, 0.1) is 0 Å². The zero-order valence-electron chi connectivity index (χ0n) is 9.23. The van der Waals surface area contributed by atoms with E-state index < -0.39 is 0 Å². The predicted octanol–water partition coefficient (Wildman–Crippen LogP) is 4.95. The molecule has 0 aromatic carbocycles. The van der Waals surface area contributed by atoms with Gasteiger partial charge in [-0.2, -0.15) is 0 Å². The highest BCUT2D eigenvalue weighted by Gasteiger charge is 1.85. The van der Waals surface area contributed by atoms with Gasteiger partial charge in [0.25, 0.3) is 0 Å². The number of rotatable bonds is 6. The molecule has 0 saturated carbocycles. The quantitative estimate of drug-likeness (QED) is 0.391. The van der Waals surface area contributed by atoms with Crippen molar-refractivity contribution in [2.24, 2.45) is 0 Å². The molecule has 0 bridgehead atoms. The Morgan fingerprint density at radius 3 is 1.33 bits per heavy atom. The van der Waals surface area contributed by atoms with Crippen LogP contribution >= 0.6 is 0 Å². The zero-order chi connectivity index (χ0) is 9.66. The molecule has 0 unspecified atom stereocenters. The molecule has 0 heterocycles. The van der Waals surface area contributed by atoms with Crippen LogP contribution in [-0.2, 0) is 0 Å². The topological polar surface area (TPSA) is 0 Å². The van der Waals surface area contributed by atoms with Crippen LogP contribution in [0.25, 0.3) is 0 Å². The van der Waals surface area contributed by atoms with Gasteiger partial charge in [0.1, 0.15) is 0 Å². The molecular weight excluding hydrogens is 144 g/mol. The summed E-state index contributed by atoms with van der Waals surface area (Å²) >= 11 is 0. The molecule has 0 saturated heterocycles. The molecule has 0 aliphatic rings. The van der Waals surface area contributed by atoms with Crippen molar-refractivity contribution in [2.75, 3.05) is 0 Å². The second-order valence-electron chi connectivity index (χ2n) is 3.18. The van der Waals surface area contributed by atoms with Crippen LogP contribution in [0.4, 0.5) is 0 Å². The van der Waals surface area contributed by atoms with Crippen LogP contribution in [-0.4, -0.2) is 0 Å². The van der Waals surface area contributed by atoms with E-state index in [4.69, 9.17) is 0 Å². The van der Waals surface area contributed by atoms with Gasteiger partial charge in [-0.1, -0.05) is 64.9 Å². The Hall–Kier alpha value is -0.260. The van der Waals surface area contributed by atoms with E-state index in [2.05, 4.69) is 20.4 Å². The van der Waals surface area contributed by atoms with Gasteiger partial charge in [-0.25, -0.2) is 0 Å². The fourth-order valence-corrected chi connectivity index (χ4v) is 1.03. The second-order valence-corrected chi connectivity index (χ2v) is 3.18. The highest BCUT2D eigenvalue weighted by molar-refractivity contribution is 4.51. The summed E-state index contributed by atoms with van der Waals surface area (Å²) in [6.45, 7) is 9.78. The molecule has 0 aromatic rings. The van der Waals surface area contributed by atoms with Crippen LogP contribution in [0.1, 0.15) is 65.7 Å². The van der Waals surface area contributed by atoms with E-state index in [1.54, 1.807) is 6.08 Å². The van der Waals surface area contributed by atoms with E-state index in [-0.39, 0.29) is 0 Å². The third kappa shape index (κ3) is 22.6. The van der Waals surface area contributed by atoms with Crippen molar-refractivity contribution in [1.82, 2.24) is 0 Å². The fourth-order valence-electron chi connectivity index (χ4n) is 1.03. The fraction of sp³-hybridized carbons (Fsp3) is 0.833. The van der Waals surface area contributed by atoms with E-state index in [1.807, 2.05) is 6.92 Å². The Morgan fingerprint density at radius 2 is 1.08 bits per heavy atom. The maximum atomic E-state index is 3.36. The van der Waals surface area contributed by atoms with Gasteiger partial charge in [-0.05, 0) is 6.92 Å². The molecular formula is C12H26. The Kier molecular flexibility index (Phi) is 20.2. The van der Waals surface area contributed by atoms with E-state index in [0.717, 1.165) is 0 Å². The Balaban J connectivity index is 0. The lowest BCUT2D eigenvalue weighted by Crippen LogP contribution is -1.76. The first-order valence-corrected chi connectivity index (χ1v) is 5.40. The van der Waals surface area contributed by atoms with Crippen molar-refractivity contribution in [3.63, 3.8) is 0 Å². The number of hydrogen-bond acceptors (Lipinski definition) is 0. The summed E-state index contributed by atoms with van der Waals surface area (Å²) in [7, 11) is 0. The van der Waals surface area contributed by atoms with Gasteiger partial charge in [-0.3, -0.25) is 0 Å². The van der Waals surface area contributed by atoms with Gasteiger partial charge >= 0.3 is 0 Å². The van der Waals surface area contributed by atoms with Crippen LogP contribution in [0.3, 0.4) is 0 Å². The number of allylic oxidation sites excluding steroid dienone is 1. The molecule has 0 aromatic heterocycles. The first-order chi connectivity index (χ1) is 5.83. The minimum Gasteiger partial charge on any atom is -0.103 e. The first-order valence-electron chi connectivity index (χ1n) is 5.40. The number of hydrogen-bond donors (Lipinski definition) is 0. The van der Waals surface area contributed by atoms with Crippen molar-refractivity contribution in [1.29, 1.82) is 0 Å². The van der Waals surface area contributed by atoms with Crippen LogP contribution in [0.2, 0.25) is 0 Å². The Labute approximate surface area is 79.1 Å². The van der Waals surface area contributed by atoms with Gasteiger partial charge in [0, 0.05) is 0 Å². The Morgan fingerprint density at radius 1 is 0.833 bits per heavy atom. The lowest BCUT2D eigenvalue weighted by Gasteiger charge is -1.96. The van der Waals surface area contributed by atoms with E-state index in [9.17, 15) is 0 Å². The van der Waals surface area contributed by atoms with Gasteiger partial charge in [-0.15, -0.1) is 6.58 Å². The summed E-state index contributed by atoms with van der Waals surface area (Å²) in [5, 5.41) is 0. The largest absolute Gasteiger partial charge is 0.103 e. The van der Waals surface area contributed by atoms with Crippen molar-refractivity contribution in [3.8, 4) is 0 Å². The number of unbranched alkanes of at least 4 members (excludes halogenated alkanes) is 6. The summed E-state index contributed by atoms with van der Waals surface area (Å²) in [5.41, 5.74) is 0. The molecule has 0 aliphatic heterocycles. The smallest absolute Gasteiger partial charge is 0.0473 e. The average molecular weight is 170 g/mol. The lowest BCUT2D eigenvalue weighted by molar-refractivity contribution is 0.602. The molecule has 0 amide bonds. The summed E-state index contributed by atoms with van der Waals surface area (Å²) in [4.78, 5) is 0. The minimum atomic E-state index is 1.37. The normalized spacial score (nSPS) is 8.58.